The van der Waals surface area contributed by atoms with E-state index >= 15 is 4.39 Å². The van der Waals surface area contributed by atoms with E-state index in [4.69, 9.17) is 0 Å². The van der Waals surface area contributed by atoms with Crippen LogP contribution in [0.4, 0.5) is 15.8 Å². The molecule has 3 aromatic carbocycles. The van der Waals surface area contributed by atoms with Crippen molar-refractivity contribution < 1.29 is 18.8 Å². The third-order valence-electron chi connectivity index (χ3n) is 11.7. The molecule has 3 aliphatic rings. The van der Waals surface area contributed by atoms with Crippen LogP contribution in [0.25, 0.3) is 27.9 Å². The summed E-state index contributed by atoms with van der Waals surface area (Å²) in [5.74, 6) is -0.649. The first-order valence-corrected chi connectivity index (χ1v) is 20.6. The highest BCUT2D eigenvalue weighted by Crippen LogP contribution is 2.36. The largest absolute Gasteiger partial charge is 0.374 e. The van der Waals surface area contributed by atoms with E-state index in [1.807, 2.05) is 37.4 Å². The van der Waals surface area contributed by atoms with Gasteiger partial charge in [-0.2, -0.15) is 5.10 Å². The number of carbonyl (C=O) groups is 3. The molecule has 2 fully saturated rings. The molecule has 57 heavy (non-hydrogen) atoms. The molecule has 6 aromatic rings. The van der Waals surface area contributed by atoms with Gasteiger partial charge in [-0.15, -0.1) is 11.3 Å². The van der Waals surface area contributed by atoms with Crippen molar-refractivity contribution in [2.24, 2.45) is 0 Å². The molecule has 1 aliphatic carbocycles. The van der Waals surface area contributed by atoms with Crippen molar-refractivity contribution in [3.05, 3.63) is 123 Å². The molecule has 12 heteroatoms. The van der Waals surface area contributed by atoms with E-state index in [-0.39, 0.29) is 23.8 Å². The van der Waals surface area contributed by atoms with Crippen LogP contribution in [-0.4, -0.2) is 56.4 Å². The smallest absolute Gasteiger partial charge is 0.265 e. The molecule has 5 heterocycles. The number of nitrogens with one attached hydrogen (secondary N) is 3. The maximum atomic E-state index is 15.2. The Balaban J connectivity index is 0.839. The fourth-order valence-corrected chi connectivity index (χ4v) is 9.65. The van der Waals surface area contributed by atoms with Crippen LogP contribution in [0.2, 0.25) is 0 Å². The summed E-state index contributed by atoms with van der Waals surface area (Å²) in [6.45, 7) is 4.78. The predicted molar refractivity (Wildman–Crippen MR) is 221 cm³/mol. The van der Waals surface area contributed by atoms with Crippen molar-refractivity contribution in [2.75, 3.05) is 23.7 Å². The molecule has 2 aliphatic heterocycles. The number of thiophene rings is 1. The first-order valence-electron chi connectivity index (χ1n) is 19.8. The maximum absolute atomic E-state index is 15.2. The van der Waals surface area contributed by atoms with Crippen LogP contribution in [0.3, 0.4) is 0 Å². The van der Waals surface area contributed by atoms with Crippen molar-refractivity contribution >= 4 is 45.9 Å². The number of piperidine rings is 2. The Morgan fingerprint density at radius 2 is 1.72 bits per heavy atom. The molecule has 1 unspecified atom stereocenters. The molecule has 3 N–H and O–H groups in total. The molecular weight excluding hydrogens is 738 g/mol. The zero-order valence-corrected chi connectivity index (χ0v) is 32.6. The number of halogens is 1. The van der Waals surface area contributed by atoms with E-state index in [9.17, 15) is 14.4 Å². The number of aromatic nitrogens is 3. The second-order valence-corrected chi connectivity index (χ2v) is 16.7. The molecule has 3 aromatic heterocycles. The van der Waals surface area contributed by atoms with Gasteiger partial charge in [0, 0.05) is 46.5 Å². The highest BCUT2D eigenvalue weighted by Gasteiger charge is 2.27. The van der Waals surface area contributed by atoms with Gasteiger partial charge in [0.25, 0.3) is 5.91 Å². The van der Waals surface area contributed by atoms with Gasteiger partial charge >= 0.3 is 0 Å². The lowest BCUT2D eigenvalue weighted by molar-refractivity contribution is -0.133. The number of likely N-dealkylation sites (tertiary alicyclic amines) is 1. The number of anilines is 2. The fraction of sp³-hybridized carbons (Fsp3) is 0.311. The number of hydrogen-bond donors (Lipinski definition) is 3. The minimum Gasteiger partial charge on any atom is -0.374 e. The number of imide groups is 1. The minimum absolute atomic E-state index is 0.210. The van der Waals surface area contributed by atoms with Crippen molar-refractivity contribution in [1.29, 1.82) is 0 Å². The molecule has 0 spiro atoms. The number of carbonyl (C=O) groups excluding carboxylic acids is 3. The van der Waals surface area contributed by atoms with E-state index in [2.05, 4.69) is 67.3 Å². The van der Waals surface area contributed by atoms with Crippen LogP contribution in [0.1, 0.15) is 81.2 Å². The fourth-order valence-electron chi connectivity index (χ4n) is 8.51. The molecular formula is C45H44FN7O3S. The molecule has 1 atom stereocenters. The average Bonchev–Trinajstić information content (AvgIpc) is 3.87. The Kier molecular flexibility index (Phi) is 10.1. The quantitative estimate of drug-likeness (QED) is 0.126. The summed E-state index contributed by atoms with van der Waals surface area (Å²) in [6, 6.07) is 23.5. The highest BCUT2D eigenvalue weighted by atomic mass is 32.1. The van der Waals surface area contributed by atoms with E-state index in [1.165, 1.54) is 40.0 Å². The van der Waals surface area contributed by atoms with Gasteiger partial charge in [-0.3, -0.25) is 24.6 Å². The van der Waals surface area contributed by atoms with Crippen molar-refractivity contribution in [1.82, 2.24) is 24.8 Å². The Labute approximate surface area is 334 Å². The van der Waals surface area contributed by atoms with Crippen LogP contribution in [0.15, 0.2) is 85.3 Å². The number of benzene rings is 3. The molecule has 2 saturated heterocycles. The lowest BCUT2D eigenvalue weighted by Crippen LogP contribution is -2.47. The molecule has 3 amide bonds. The van der Waals surface area contributed by atoms with Crippen LogP contribution in [-0.2, 0) is 29.0 Å². The van der Waals surface area contributed by atoms with Crippen molar-refractivity contribution in [3.63, 3.8) is 0 Å². The van der Waals surface area contributed by atoms with Crippen LogP contribution < -0.4 is 16.0 Å². The first-order chi connectivity index (χ1) is 27.7. The van der Waals surface area contributed by atoms with Gasteiger partial charge in [0.1, 0.15) is 18.2 Å². The number of amides is 3. The second kappa shape index (κ2) is 15.7. The number of fused-ring (bicyclic) bond motifs is 2. The van der Waals surface area contributed by atoms with Crippen LogP contribution in [0, 0.1) is 12.7 Å². The van der Waals surface area contributed by atoms with E-state index < -0.39 is 5.82 Å². The highest BCUT2D eigenvalue weighted by molar-refractivity contribution is 7.14. The summed E-state index contributed by atoms with van der Waals surface area (Å²) in [5.41, 5.74) is 9.85. The average molecular weight is 782 g/mol. The zero-order valence-electron chi connectivity index (χ0n) is 31.8. The first kappa shape index (κ1) is 36.9. The summed E-state index contributed by atoms with van der Waals surface area (Å²) in [7, 11) is 0. The lowest BCUT2D eigenvalue weighted by atomic mass is 9.89. The number of aryl methyl sites for hydroxylation is 2. The molecule has 0 bridgehead atoms. The van der Waals surface area contributed by atoms with E-state index in [1.54, 1.807) is 15.9 Å². The Morgan fingerprint density at radius 3 is 2.49 bits per heavy atom. The number of hydrogen-bond acceptors (Lipinski definition) is 8. The van der Waals surface area contributed by atoms with Crippen molar-refractivity contribution in [2.45, 2.75) is 76.8 Å². The SMILES string of the molecule is Cc1c(NC(=O)c2cc3c(s2)CCCC3)cc(F)cc1-c1ncnn2cc(-c3ccc(CN4CCC(c5ccc(NC6CCC(=O)NC6=O)cc5)CC4)cc3)cc12. The molecule has 0 radical (unpaired) electrons. The van der Waals surface area contributed by atoms with Gasteiger partial charge < -0.3 is 10.6 Å². The molecule has 290 valence electrons. The Morgan fingerprint density at radius 1 is 0.930 bits per heavy atom. The van der Waals surface area contributed by atoms with E-state index in [0.29, 0.717) is 40.6 Å². The van der Waals surface area contributed by atoms with Gasteiger partial charge in [-0.05, 0) is 135 Å². The topological polar surface area (TPSA) is 121 Å². The summed E-state index contributed by atoms with van der Waals surface area (Å²) in [5, 5.41) is 13.1. The minimum atomic E-state index is -0.449. The monoisotopic (exact) mass is 781 g/mol. The van der Waals surface area contributed by atoms with E-state index in [0.717, 1.165) is 86.1 Å². The molecule has 9 rings (SSSR count). The van der Waals surface area contributed by atoms with Gasteiger partial charge in [0.15, 0.2) is 0 Å². The molecule has 10 nitrogen and oxygen atoms in total. The van der Waals surface area contributed by atoms with Crippen LogP contribution >= 0.6 is 11.3 Å². The number of nitrogens with zero attached hydrogens (tertiary/aromatic N) is 4. The van der Waals surface area contributed by atoms with Crippen molar-refractivity contribution in [3.8, 4) is 22.4 Å². The lowest BCUT2D eigenvalue weighted by Gasteiger charge is -2.32. The van der Waals surface area contributed by atoms with Gasteiger partial charge in [-0.1, -0.05) is 36.4 Å². The van der Waals surface area contributed by atoms with Gasteiger partial charge in [0.2, 0.25) is 11.8 Å². The van der Waals surface area contributed by atoms with Gasteiger partial charge in [-0.25, -0.2) is 13.9 Å². The summed E-state index contributed by atoms with van der Waals surface area (Å²) in [6.07, 6.45) is 10.8. The van der Waals surface area contributed by atoms with Crippen LogP contribution in [0.5, 0.6) is 0 Å². The third kappa shape index (κ3) is 7.84. The summed E-state index contributed by atoms with van der Waals surface area (Å²) < 4.78 is 17.0. The second-order valence-electron chi connectivity index (χ2n) is 15.5. The van der Waals surface area contributed by atoms with Gasteiger partial charge in [0.05, 0.1) is 16.1 Å². The molecule has 0 saturated carbocycles. The third-order valence-corrected chi connectivity index (χ3v) is 13.0. The Bertz CT molecular complexity index is 2460. The Hall–Kier alpha value is -5.72. The maximum Gasteiger partial charge on any atom is 0.265 e. The predicted octanol–water partition coefficient (Wildman–Crippen LogP) is 8.30. The standard InChI is InChI=1S/C45H44FN7O3S/c1-27-36(22-34(46)23-38(27)50-45(56)41-21-32-4-2-3-5-40(32)57-41)43-39-20-33(25-53(39)48-26-47-43)30-8-6-28(7-9-30)24-52-18-16-31(17-19-52)29-10-12-35(13-11-29)49-37-14-15-42(54)51-44(37)55/h6-13,20-23,25-26,31,37,49H,2-5,14-19,24H2,1H3,(H,50,56)(H,51,54,55). The zero-order chi connectivity index (χ0) is 39.0. The normalized spacial score (nSPS) is 17.7. The summed E-state index contributed by atoms with van der Waals surface area (Å²) in [4.78, 5) is 46.0. The summed E-state index contributed by atoms with van der Waals surface area (Å²) >= 11 is 1.54. The number of rotatable bonds is 9.